The van der Waals surface area contributed by atoms with Gasteiger partial charge < -0.3 is 0 Å². The van der Waals surface area contributed by atoms with E-state index < -0.39 is 12.3 Å². The number of allylic oxidation sites excluding steroid dienone is 6. The second-order valence-electron chi connectivity index (χ2n) is 9.90. The topological polar surface area (TPSA) is 0 Å². The van der Waals surface area contributed by atoms with E-state index in [-0.39, 0.29) is 5.82 Å². The summed E-state index contributed by atoms with van der Waals surface area (Å²) in [4.78, 5) is 0. The number of alkyl halides is 2. The Morgan fingerprint density at radius 2 is 1.59 bits per heavy atom. The number of hydrogen-bond donors (Lipinski definition) is 0. The zero-order valence-corrected chi connectivity index (χ0v) is 20.2. The van der Waals surface area contributed by atoms with Gasteiger partial charge in [0.1, 0.15) is 5.82 Å². The summed E-state index contributed by atoms with van der Waals surface area (Å²) < 4.78 is 44.7. The Hall–Kier alpha value is -2.55. The van der Waals surface area contributed by atoms with E-state index in [0.717, 1.165) is 42.7 Å². The zero-order valence-electron chi connectivity index (χ0n) is 20.2. The fourth-order valence-electron chi connectivity index (χ4n) is 5.25. The molecule has 0 N–H and O–H groups in total. The summed E-state index contributed by atoms with van der Waals surface area (Å²) in [5.41, 5.74) is 3.87. The van der Waals surface area contributed by atoms with Gasteiger partial charge in [0.25, 0.3) is 0 Å². The van der Waals surface area contributed by atoms with Crippen molar-refractivity contribution in [2.24, 2.45) is 5.92 Å². The first-order chi connectivity index (χ1) is 16.5. The molecule has 0 saturated heterocycles. The van der Waals surface area contributed by atoms with Gasteiger partial charge in [-0.3, -0.25) is 0 Å². The lowest BCUT2D eigenvalue weighted by molar-refractivity contribution is 0.237. The number of rotatable bonds is 7. The van der Waals surface area contributed by atoms with Crippen LogP contribution in [0.3, 0.4) is 0 Å². The summed E-state index contributed by atoms with van der Waals surface area (Å²) in [6.07, 6.45) is 11.0. The average molecular weight is 465 g/mol. The van der Waals surface area contributed by atoms with Crippen LogP contribution in [0.2, 0.25) is 0 Å². The molecule has 2 aliphatic rings. The van der Waals surface area contributed by atoms with Gasteiger partial charge in [-0.15, -0.1) is 0 Å². The first-order valence-corrected chi connectivity index (χ1v) is 12.7. The summed E-state index contributed by atoms with van der Waals surface area (Å²) in [6, 6.07) is 12.7. The lowest BCUT2D eigenvalue weighted by atomic mass is 9.79. The molecule has 0 amide bonds. The number of halogens is 3. The molecule has 0 spiro atoms. The smallest absolute Gasteiger partial charge is 0.161 e. The highest BCUT2D eigenvalue weighted by atomic mass is 19.2. The Kier molecular flexibility index (Phi) is 8.13. The third-order valence-corrected chi connectivity index (χ3v) is 7.47. The molecule has 4 rings (SSSR count). The van der Waals surface area contributed by atoms with E-state index >= 15 is 0 Å². The Bertz CT molecular complexity index is 1050. The summed E-state index contributed by atoms with van der Waals surface area (Å²) >= 11 is 0. The van der Waals surface area contributed by atoms with Crippen LogP contribution in [-0.2, 0) is 0 Å². The van der Waals surface area contributed by atoms with E-state index in [4.69, 9.17) is 0 Å². The van der Waals surface area contributed by atoms with E-state index in [2.05, 4.69) is 6.92 Å². The molecule has 34 heavy (non-hydrogen) atoms. The molecule has 1 saturated carbocycles. The Morgan fingerprint density at radius 1 is 0.882 bits per heavy atom. The van der Waals surface area contributed by atoms with Crippen molar-refractivity contribution in [3.05, 3.63) is 89.3 Å². The second kappa shape index (κ2) is 11.3. The first-order valence-electron chi connectivity index (χ1n) is 12.7. The van der Waals surface area contributed by atoms with Crippen LogP contribution in [0.1, 0.15) is 75.8 Å². The number of unbranched alkanes of at least 4 members (excludes halogenated alkanes) is 1. The molecule has 3 heteroatoms. The molecular weight excluding hydrogens is 429 g/mol. The van der Waals surface area contributed by atoms with E-state index in [1.165, 1.54) is 12.8 Å². The molecule has 0 aromatic heterocycles. The van der Waals surface area contributed by atoms with Gasteiger partial charge in [-0.05, 0) is 84.8 Å². The van der Waals surface area contributed by atoms with E-state index in [1.807, 2.05) is 31.2 Å². The molecule has 0 bridgehead atoms. The predicted octanol–water partition coefficient (Wildman–Crippen LogP) is 9.53. The van der Waals surface area contributed by atoms with E-state index in [1.54, 1.807) is 42.5 Å². The summed E-state index contributed by atoms with van der Waals surface area (Å²) in [5, 5.41) is 0. The Balaban J connectivity index is 1.47. The lowest BCUT2D eigenvalue weighted by Crippen LogP contribution is -2.24. The largest absolute Gasteiger partial charge is 0.239 e. The first kappa shape index (κ1) is 24.6. The van der Waals surface area contributed by atoms with Crippen molar-refractivity contribution >= 4 is 5.57 Å². The molecule has 180 valence electrons. The molecule has 2 aromatic carbocycles. The normalized spacial score (nSPS) is 25.3. The molecule has 2 unspecified atom stereocenters. The van der Waals surface area contributed by atoms with Crippen LogP contribution in [-0.4, -0.2) is 12.3 Å². The number of hydrogen-bond acceptors (Lipinski definition) is 0. The molecular formula is C31H35F3. The van der Waals surface area contributed by atoms with Crippen LogP contribution >= 0.6 is 0 Å². The molecule has 2 atom stereocenters. The third kappa shape index (κ3) is 5.56. The summed E-state index contributed by atoms with van der Waals surface area (Å²) in [6.45, 7) is 4.24. The van der Waals surface area contributed by atoms with Crippen LogP contribution in [0.4, 0.5) is 13.2 Å². The molecule has 0 nitrogen and oxygen atoms in total. The molecule has 0 aliphatic heterocycles. The minimum Gasteiger partial charge on any atom is -0.239 e. The van der Waals surface area contributed by atoms with Gasteiger partial charge in [-0.1, -0.05) is 80.5 Å². The Labute approximate surface area is 202 Å². The van der Waals surface area contributed by atoms with Crippen molar-refractivity contribution in [1.29, 1.82) is 0 Å². The minimum atomic E-state index is -1.68. The van der Waals surface area contributed by atoms with E-state index in [9.17, 15) is 13.2 Å². The van der Waals surface area contributed by atoms with Gasteiger partial charge in [0.05, 0.1) is 0 Å². The van der Waals surface area contributed by atoms with Gasteiger partial charge >= 0.3 is 0 Å². The predicted molar refractivity (Wildman–Crippen MR) is 137 cm³/mol. The van der Waals surface area contributed by atoms with Crippen LogP contribution in [0.5, 0.6) is 0 Å². The maximum absolute atomic E-state index is 15.0. The fraction of sp³-hybridized carbons (Fsp3) is 0.419. The van der Waals surface area contributed by atoms with Gasteiger partial charge in [-0.2, -0.15) is 0 Å². The third-order valence-electron chi connectivity index (χ3n) is 7.47. The molecule has 1 fully saturated rings. The highest BCUT2D eigenvalue weighted by Gasteiger charge is 2.31. The minimum absolute atomic E-state index is 0.224. The highest BCUT2D eigenvalue weighted by molar-refractivity contribution is 5.75. The van der Waals surface area contributed by atoms with Crippen molar-refractivity contribution in [1.82, 2.24) is 0 Å². The summed E-state index contributed by atoms with van der Waals surface area (Å²) in [7, 11) is 0. The SMILES string of the molecule is C/C=C\CCCC1=CC=C(c2ccc(-c3ccc(C4CCC(C)CC4)cc3F)cc2)C(F)C1F. The molecule has 0 heterocycles. The van der Waals surface area contributed by atoms with Crippen molar-refractivity contribution in [2.45, 2.75) is 77.1 Å². The van der Waals surface area contributed by atoms with Crippen molar-refractivity contribution in [3.63, 3.8) is 0 Å². The zero-order chi connectivity index (χ0) is 24.1. The molecule has 0 radical (unpaired) electrons. The summed E-state index contributed by atoms with van der Waals surface area (Å²) in [5.74, 6) is 0.982. The molecule has 2 aliphatic carbocycles. The highest BCUT2D eigenvalue weighted by Crippen LogP contribution is 2.38. The standard InChI is InChI=1S/C31H35F3/c1-3-4-5-6-7-25-16-19-28(31(34)30(25)33)24-14-12-23(13-15-24)27-18-17-26(20-29(27)32)22-10-8-21(2)9-11-22/h3-4,12-22,30-31H,5-11H2,1-2H3/b4-3-. The van der Waals surface area contributed by atoms with Crippen molar-refractivity contribution < 1.29 is 13.2 Å². The van der Waals surface area contributed by atoms with Crippen LogP contribution < -0.4 is 0 Å². The van der Waals surface area contributed by atoms with Gasteiger partial charge in [-0.25, -0.2) is 13.2 Å². The van der Waals surface area contributed by atoms with Crippen LogP contribution in [0.25, 0.3) is 16.7 Å². The van der Waals surface area contributed by atoms with Crippen molar-refractivity contribution in [2.75, 3.05) is 0 Å². The maximum atomic E-state index is 15.0. The molecule has 2 aromatic rings. The Morgan fingerprint density at radius 3 is 2.26 bits per heavy atom. The van der Waals surface area contributed by atoms with E-state index in [0.29, 0.717) is 34.6 Å². The second-order valence-corrected chi connectivity index (χ2v) is 9.90. The van der Waals surface area contributed by atoms with Gasteiger partial charge in [0.2, 0.25) is 0 Å². The fourth-order valence-corrected chi connectivity index (χ4v) is 5.25. The van der Waals surface area contributed by atoms with Gasteiger partial charge in [0, 0.05) is 5.56 Å². The maximum Gasteiger partial charge on any atom is 0.161 e. The van der Waals surface area contributed by atoms with Crippen LogP contribution in [0.15, 0.2) is 72.3 Å². The lowest BCUT2D eigenvalue weighted by Gasteiger charge is -2.26. The van der Waals surface area contributed by atoms with Crippen molar-refractivity contribution in [3.8, 4) is 11.1 Å². The average Bonchev–Trinajstić information content (AvgIpc) is 2.85. The monoisotopic (exact) mass is 464 g/mol. The van der Waals surface area contributed by atoms with Crippen LogP contribution in [0, 0.1) is 11.7 Å². The number of benzene rings is 2. The van der Waals surface area contributed by atoms with Gasteiger partial charge in [0.15, 0.2) is 12.3 Å². The quantitative estimate of drug-likeness (QED) is 0.283.